The average molecular weight is 302 g/mol. The lowest BCUT2D eigenvalue weighted by Gasteiger charge is -2.47. The quantitative estimate of drug-likeness (QED) is 0.932. The molecule has 0 amide bonds. The second kappa shape index (κ2) is 6.55. The Bertz CT molecular complexity index is 482. The van der Waals surface area contributed by atoms with Gasteiger partial charge in [0.05, 0.1) is 0 Å². The lowest BCUT2D eigenvalue weighted by atomic mass is 9.67. The van der Waals surface area contributed by atoms with Gasteiger partial charge in [-0.3, -0.25) is 0 Å². The van der Waals surface area contributed by atoms with Crippen molar-refractivity contribution in [2.24, 2.45) is 11.1 Å². The van der Waals surface area contributed by atoms with Gasteiger partial charge in [-0.15, -0.1) is 0 Å². The van der Waals surface area contributed by atoms with E-state index in [1.165, 1.54) is 44.1 Å². The van der Waals surface area contributed by atoms with Gasteiger partial charge in [-0.2, -0.15) is 0 Å². The predicted octanol–water partition coefficient (Wildman–Crippen LogP) is 2.63. The number of aromatic nitrogens is 1. The van der Waals surface area contributed by atoms with E-state index in [-0.39, 0.29) is 0 Å². The van der Waals surface area contributed by atoms with Crippen LogP contribution in [-0.4, -0.2) is 43.1 Å². The number of pyridine rings is 1. The van der Waals surface area contributed by atoms with Crippen LogP contribution >= 0.6 is 0 Å². The first-order valence-corrected chi connectivity index (χ1v) is 8.69. The Morgan fingerprint density at radius 2 is 1.91 bits per heavy atom. The van der Waals surface area contributed by atoms with Crippen LogP contribution in [0.3, 0.4) is 0 Å². The van der Waals surface area contributed by atoms with Crippen molar-refractivity contribution < 1.29 is 0 Å². The number of nitrogens with zero attached hydrogens (tertiary/aromatic N) is 3. The zero-order chi connectivity index (χ0) is 15.6. The molecule has 0 aromatic carbocycles. The number of nitrogens with two attached hydrogens (primary N) is 1. The topological polar surface area (TPSA) is 45.4 Å². The van der Waals surface area contributed by atoms with Gasteiger partial charge in [-0.05, 0) is 64.1 Å². The van der Waals surface area contributed by atoms with Crippen LogP contribution in [0.1, 0.15) is 44.1 Å². The predicted molar refractivity (Wildman–Crippen MR) is 92.0 cm³/mol. The highest BCUT2D eigenvalue weighted by Gasteiger charge is 2.38. The third-order valence-corrected chi connectivity index (χ3v) is 5.96. The van der Waals surface area contributed by atoms with Crippen LogP contribution in [0.2, 0.25) is 0 Å². The normalized spacial score (nSPS) is 22.5. The highest BCUT2D eigenvalue weighted by molar-refractivity contribution is 5.47. The van der Waals surface area contributed by atoms with E-state index in [9.17, 15) is 0 Å². The minimum atomic E-state index is 0.579. The van der Waals surface area contributed by atoms with Gasteiger partial charge in [0, 0.05) is 37.4 Å². The van der Waals surface area contributed by atoms with Crippen LogP contribution in [0.15, 0.2) is 18.3 Å². The molecular weight excluding hydrogens is 272 g/mol. The van der Waals surface area contributed by atoms with Crippen LogP contribution in [0.5, 0.6) is 0 Å². The van der Waals surface area contributed by atoms with Gasteiger partial charge in [0.2, 0.25) is 0 Å². The summed E-state index contributed by atoms with van der Waals surface area (Å²) >= 11 is 0. The van der Waals surface area contributed by atoms with E-state index >= 15 is 0 Å². The van der Waals surface area contributed by atoms with Gasteiger partial charge in [0.25, 0.3) is 0 Å². The molecule has 0 unspecified atom stereocenters. The van der Waals surface area contributed by atoms with Gasteiger partial charge < -0.3 is 15.5 Å². The molecule has 1 aromatic rings. The van der Waals surface area contributed by atoms with Crippen molar-refractivity contribution in [1.82, 2.24) is 9.88 Å². The highest BCUT2D eigenvalue weighted by Crippen LogP contribution is 2.45. The van der Waals surface area contributed by atoms with Crippen molar-refractivity contribution in [2.45, 2.75) is 51.1 Å². The minimum Gasteiger partial charge on any atom is -0.356 e. The fraction of sp³-hybridized carbons (Fsp3) is 0.722. The molecule has 1 spiro atoms. The Morgan fingerprint density at radius 1 is 1.23 bits per heavy atom. The van der Waals surface area contributed by atoms with Crippen LogP contribution in [-0.2, 0) is 6.54 Å². The second-order valence-corrected chi connectivity index (χ2v) is 7.37. The van der Waals surface area contributed by atoms with Crippen LogP contribution < -0.4 is 10.6 Å². The van der Waals surface area contributed by atoms with Gasteiger partial charge in [-0.25, -0.2) is 4.98 Å². The molecule has 1 aromatic heterocycles. The fourth-order valence-corrected chi connectivity index (χ4v) is 4.30. The summed E-state index contributed by atoms with van der Waals surface area (Å²) in [5, 5.41) is 0. The van der Waals surface area contributed by atoms with Crippen molar-refractivity contribution in [1.29, 1.82) is 0 Å². The molecule has 0 radical (unpaired) electrons. The van der Waals surface area contributed by atoms with Crippen LogP contribution in [0.4, 0.5) is 5.82 Å². The highest BCUT2D eigenvalue weighted by atomic mass is 15.2. The van der Waals surface area contributed by atoms with Crippen molar-refractivity contribution >= 4 is 5.82 Å². The molecule has 1 aliphatic heterocycles. The SMILES string of the molecule is CN(C)C1CCC2(CC1)CCN(c1ncccc1CN)CC2. The molecule has 1 aliphatic carbocycles. The van der Waals surface area contributed by atoms with Gasteiger partial charge in [-0.1, -0.05) is 6.07 Å². The van der Waals surface area contributed by atoms with Crippen LogP contribution in [0.25, 0.3) is 0 Å². The molecule has 1 saturated carbocycles. The van der Waals surface area contributed by atoms with E-state index in [2.05, 4.69) is 34.9 Å². The van der Waals surface area contributed by atoms with Gasteiger partial charge in [0.1, 0.15) is 5.82 Å². The lowest BCUT2D eigenvalue weighted by Crippen LogP contribution is -2.45. The summed E-state index contributed by atoms with van der Waals surface area (Å²) in [5.41, 5.74) is 7.64. The van der Waals surface area contributed by atoms with Crippen molar-refractivity contribution in [2.75, 3.05) is 32.1 Å². The molecule has 3 rings (SSSR count). The minimum absolute atomic E-state index is 0.579. The zero-order valence-corrected chi connectivity index (χ0v) is 14.1. The molecule has 1 saturated heterocycles. The second-order valence-electron chi connectivity index (χ2n) is 7.37. The number of rotatable bonds is 3. The monoisotopic (exact) mass is 302 g/mol. The first kappa shape index (κ1) is 15.8. The largest absolute Gasteiger partial charge is 0.356 e. The van der Waals surface area contributed by atoms with Crippen molar-refractivity contribution in [3.05, 3.63) is 23.9 Å². The summed E-state index contributed by atoms with van der Waals surface area (Å²) in [4.78, 5) is 9.44. The fourth-order valence-electron chi connectivity index (χ4n) is 4.30. The maximum atomic E-state index is 5.87. The third kappa shape index (κ3) is 3.13. The molecule has 22 heavy (non-hydrogen) atoms. The summed E-state index contributed by atoms with van der Waals surface area (Å²) in [6.45, 7) is 2.85. The summed E-state index contributed by atoms with van der Waals surface area (Å²) in [6.07, 6.45) is 10.0. The van der Waals surface area contributed by atoms with E-state index < -0.39 is 0 Å². The maximum Gasteiger partial charge on any atom is 0.132 e. The molecular formula is C18H30N4. The molecule has 2 aliphatic rings. The van der Waals surface area contributed by atoms with E-state index in [4.69, 9.17) is 5.73 Å². The smallest absolute Gasteiger partial charge is 0.132 e. The number of anilines is 1. The molecule has 4 heteroatoms. The Morgan fingerprint density at radius 3 is 2.50 bits per heavy atom. The van der Waals surface area contributed by atoms with Gasteiger partial charge >= 0.3 is 0 Å². The van der Waals surface area contributed by atoms with E-state index in [0.717, 1.165) is 24.9 Å². The number of hydrogen-bond acceptors (Lipinski definition) is 4. The molecule has 2 heterocycles. The molecule has 0 atom stereocenters. The first-order valence-electron chi connectivity index (χ1n) is 8.69. The van der Waals surface area contributed by atoms with E-state index in [1.54, 1.807) is 0 Å². The van der Waals surface area contributed by atoms with Crippen LogP contribution in [0, 0.1) is 5.41 Å². The lowest BCUT2D eigenvalue weighted by molar-refractivity contribution is 0.0922. The summed E-state index contributed by atoms with van der Waals surface area (Å²) in [7, 11) is 4.45. The zero-order valence-electron chi connectivity index (χ0n) is 14.1. The van der Waals surface area contributed by atoms with E-state index in [0.29, 0.717) is 12.0 Å². The Kier molecular flexibility index (Phi) is 4.69. The summed E-state index contributed by atoms with van der Waals surface area (Å²) in [6, 6.07) is 4.89. The Balaban J connectivity index is 1.61. The van der Waals surface area contributed by atoms with Crippen molar-refractivity contribution in [3.8, 4) is 0 Å². The molecule has 0 bridgehead atoms. The summed E-state index contributed by atoms with van der Waals surface area (Å²) in [5.74, 6) is 1.11. The average Bonchev–Trinajstić information content (AvgIpc) is 2.56. The number of piperidine rings is 1. The third-order valence-electron chi connectivity index (χ3n) is 5.96. The molecule has 2 N–H and O–H groups in total. The van der Waals surface area contributed by atoms with Gasteiger partial charge in [0.15, 0.2) is 0 Å². The number of hydrogen-bond donors (Lipinski definition) is 1. The molecule has 4 nitrogen and oxygen atoms in total. The summed E-state index contributed by atoms with van der Waals surface area (Å²) < 4.78 is 0. The van der Waals surface area contributed by atoms with E-state index in [1.807, 2.05) is 12.3 Å². The first-order chi connectivity index (χ1) is 10.6. The molecule has 2 fully saturated rings. The molecule has 122 valence electrons. The Labute approximate surface area is 134 Å². The maximum absolute atomic E-state index is 5.87. The Hall–Kier alpha value is -1.13. The van der Waals surface area contributed by atoms with Crippen molar-refractivity contribution in [3.63, 3.8) is 0 Å². The standard InChI is InChI=1S/C18H30N4/c1-21(2)16-5-7-18(8-6-16)9-12-22(13-10-18)17-15(14-19)4-3-11-20-17/h3-4,11,16H,5-10,12-14,19H2,1-2H3.